The lowest BCUT2D eigenvalue weighted by Gasteiger charge is -2.26. The zero-order chi connectivity index (χ0) is 18.8. The van der Waals surface area contributed by atoms with Crippen LogP contribution in [0.1, 0.15) is 30.7 Å². The fourth-order valence-corrected chi connectivity index (χ4v) is 4.42. The van der Waals surface area contributed by atoms with Crippen molar-refractivity contribution in [3.05, 3.63) is 54.1 Å². The lowest BCUT2D eigenvalue weighted by atomic mass is 10.1. The van der Waals surface area contributed by atoms with E-state index in [0.29, 0.717) is 12.4 Å². The molecule has 0 radical (unpaired) electrons. The minimum absolute atomic E-state index is 0.0671. The van der Waals surface area contributed by atoms with Crippen LogP contribution in [0.4, 0.5) is 11.4 Å². The number of benzene rings is 2. The first-order valence-electron chi connectivity index (χ1n) is 9.23. The highest BCUT2D eigenvalue weighted by atomic mass is 32.2. The molecule has 1 aliphatic carbocycles. The van der Waals surface area contributed by atoms with Crippen LogP contribution in [-0.2, 0) is 9.59 Å². The zero-order valence-electron chi connectivity index (χ0n) is 15.2. The van der Waals surface area contributed by atoms with Crippen LogP contribution in [0, 0.1) is 5.92 Å². The molecule has 1 aliphatic heterocycles. The highest BCUT2D eigenvalue weighted by Gasteiger charge is 2.36. The van der Waals surface area contributed by atoms with E-state index in [4.69, 9.17) is 4.74 Å². The number of rotatable bonds is 6. The molecule has 1 saturated carbocycles. The van der Waals surface area contributed by atoms with Crippen molar-refractivity contribution in [2.24, 2.45) is 5.92 Å². The van der Waals surface area contributed by atoms with Crippen LogP contribution in [0.5, 0.6) is 5.75 Å². The van der Waals surface area contributed by atoms with Gasteiger partial charge in [-0.1, -0.05) is 18.2 Å². The molecule has 6 heteroatoms. The van der Waals surface area contributed by atoms with Gasteiger partial charge in [0.05, 0.1) is 12.4 Å². The zero-order valence-corrected chi connectivity index (χ0v) is 16.0. The van der Waals surface area contributed by atoms with Crippen LogP contribution in [0.2, 0.25) is 0 Å². The number of nitrogens with zero attached hydrogens (tertiary/aromatic N) is 1. The van der Waals surface area contributed by atoms with Gasteiger partial charge in [-0.2, -0.15) is 0 Å². The van der Waals surface area contributed by atoms with Crippen LogP contribution >= 0.6 is 11.8 Å². The van der Waals surface area contributed by atoms with Crippen molar-refractivity contribution in [2.75, 3.05) is 22.6 Å². The third-order valence-corrected chi connectivity index (χ3v) is 5.92. The van der Waals surface area contributed by atoms with Crippen molar-refractivity contribution in [1.82, 2.24) is 0 Å². The second-order valence-corrected chi connectivity index (χ2v) is 7.77. The smallest absolute Gasteiger partial charge is 0.238 e. The monoisotopic (exact) mass is 382 g/mol. The van der Waals surface area contributed by atoms with Gasteiger partial charge in [-0.25, -0.2) is 0 Å². The van der Waals surface area contributed by atoms with Gasteiger partial charge in [0, 0.05) is 22.9 Å². The quantitative estimate of drug-likeness (QED) is 0.813. The Bertz CT molecular complexity index is 849. The largest absolute Gasteiger partial charge is 0.494 e. The minimum Gasteiger partial charge on any atom is -0.494 e. The fourth-order valence-electron chi connectivity index (χ4n) is 3.21. The van der Waals surface area contributed by atoms with E-state index in [-0.39, 0.29) is 23.1 Å². The summed E-state index contributed by atoms with van der Waals surface area (Å²) in [6.07, 6.45) is 1.92. The molecule has 27 heavy (non-hydrogen) atoms. The maximum atomic E-state index is 12.6. The molecule has 1 heterocycles. The summed E-state index contributed by atoms with van der Waals surface area (Å²) in [6, 6.07) is 15.3. The van der Waals surface area contributed by atoms with Gasteiger partial charge in [0.15, 0.2) is 0 Å². The summed E-state index contributed by atoms with van der Waals surface area (Å²) in [6.45, 7) is 2.55. The Balaban J connectivity index is 1.62. The molecule has 0 spiro atoms. The Kier molecular flexibility index (Phi) is 5.07. The van der Waals surface area contributed by atoms with E-state index in [0.717, 1.165) is 35.5 Å². The van der Waals surface area contributed by atoms with E-state index in [1.165, 1.54) is 0 Å². The topological polar surface area (TPSA) is 58.6 Å². The van der Waals surface area contributed by atoms with E-state index in [2.05, 4.69) is 5.32 Å². The maximum Gasteiger partial charge on any atom is 0.238 e. The second kappa shape index (κ2) is 7.64. The molecular formula is C21H22N2O3S. The van der Waals surface area contributed by atoms with Crippen LogP contribution in [0.15, 0.2) is 48.5 Å². The van der Waals surface area contributed by atoms with E-state index in [1.54, 1.807) is 11.8 Å². The number of thioether (sulfide) groups is 1. The molecule has 2 aromatic rings. The number of hydrogen-bond acceptors (Lipinski definition) is 4. The highest BCUT2D eigenvalue weighted by Crippen LogP contribution is 2.44. The number of amides is 2. The van der Waals surface area contributed by atoms with Crippen molar-refractivity contribution in [1.29, 1.82) is 0 Å². The van der Waals surface area contributed by atoms with Gasteiger partial charge in [0.1, 0.15) is 11.1 Å². The molecule has 4 rings (SSSR count). The molecule has 0 bridgehead atoms. The van der Waals surface area contributed by atoms with Crippen molar-refractivity contribution >= 4 is 35.0 Å². The fraction of sp³-hybridized carbons (Fsp3) is 0.333. The second-order valence-electron chi connectivity index (χ2n) is 6.70. The standard InChI is InChI=1S/C21H22N2O3S/c1-2-26-16-11-9-15(10-12-16)23-19(24)13-27-21(23)17-5-3-4-6-18(17)22-20(25)14-7-8-14/h3-6,9-12,14,21H,2,7-8,13H2,1H3,(H,22,25)/t21-/m1/s1. The summed E-state index contributed by atoms with van der Waals surface area (Å²) in [4.78, 5) is 26.7. The minimum atomic E-state index is -0.161. The van der Waals surface area contributed by atoms with E-state index in [1.807, 2.05) is 60.4 Å². The number of hydrogen-bond donors (Lipinski definition) is 1. The molecule has 2 amide bonds. The van der Waals surface area contributed by atoms with Gasteiger partial charge in [0.25, 0.3) is 0 Å². The molecule has 140 valence electrons. The molecule has 0 aromatic heterocycles. The predicted octanol–water partition coefficient (Wildman–Crippen LogP) is 4.21. The van der Waals surface area contributed by atoms with E-state index in [9.17, 15) is 9.59 Å². The number of carbonyl (C=O) groups excluding carboxylic acids is 2. The summed E-state index contributed by atoms with van der Waals surface area (Å²) in [7, 11) is 0. The van der Waals surface area contributed by atoms with Crippen LogP contribution in [0.3, 0.4) is 0 Å². The Morgan fingerprint density at radius 2 is 1.93 bits per heavy atom. The molecule has 1 saturated heterocycles. The van der Waals surface area contributed by atoms with Crippen molar-refractivity contribution < 1.29 is 14.3 Å². The number of carbonyl (C=O) groups is 2. The van der Waals surface area contributed by atoms with Crippen LogP contribution < -0.4 is 15.0 Å². The van der Waals surface area contributed by atoms with Crippen LogP contribution in [-0.4, -0.2) is 24.2 Å². The van der Waals surface area contributed by atoms with Gasteiger partial charge < -0.3 is 10.1 Å². The molecule has 5 nitrogen and oxygen atoms in total. The van der Waals surface area contributed by atoms with Crippen molar-refractivity contribution in [3.8, 4) is 5.75 Å². The Morgan fingerprint density at radius 1 is 1.19 bits per heavy atom. The van der Waals surface area contributed by atoms with Crippen molar-refractivity contribution in [2.45, 2.75) is 25.1 Å². The third kappa shape index (κ3) is 3.81. The van der Waals surface area contributed by atoms with Gasteiger partial charge >= 0.3 is 0 Å². The average Bonchev–Trinajstić information content (AvgIpc) is 3.46. The first kappa shape index (κ1) is 17.9. The molecule has 0 unspecified atom stereocenters. The lowest BCUT2D eigenvalue weighted by molar-refractivity contribution is -0.117. The van der Waals surface area contributed by atoms with Gasteiger partial charge in [-0.15, -0.1) is 11.8 Å². The molecular weight excluding hydrogens is 360 g/mol. The first-order chi connectivity index (χ1) is 13.2. The summed E-state index contributed by atoms with van der Waals surface area (Å²) in [5, 5.41) is 2.89. The summed E-state index contributed by atoms with van der Waals surface area (Å²) in [5.74, 6) is 1.48. The number of para-hydroxylation sites is 1. The Morgan fingerprint density at radius 3 is 2.63 bits per heavy atom. The van der Waals surface area contributed by atoms with Crippen molar-refractivity contribution in [3.63, 3.8) is 0 Å². The third-order valence-electron chi connectivity index (χ3n) is 4.73. The molecule has 1 N–H and O–H groups in total. The van der Waals surface area contributed by atoms with Crippen LogP contribution in [0.25, 0.3) is 0 Å². The average molecular weight is 382 g/mol. The maximum absolute atomic E-state index is 12.6. The first-order valence-corrected chi connectivity index (χ1v) is 10.3. The summed E-state index contributed by atoms with van der Waals surface area (Å²) in [5.41, 5.74) is 2.58. The highest BCUT2D eigenvalue weighted by molar-refractivity contribution is 8.00. The van der Waals surface area contributed by atoms with Gasteiger partial charge in [-0.3, -0.25) is 14.5 Å². The number of nitrogens with one attached hydrogen (secondary N) is 1. The summed E-state index contributed by atoms with van der Waals surface area (Å²) < 4.78 is 5.50. The molecule has 2 aromatic carbocycles. The SMILES string of the molecule is CCOc1ccc(N2C(=O)CS[C@@H]2c2ccccc2NC(=O)C2CC2)cc1. The lowest BCUT2D eigenvalue weighted by Crippen LogP contribution is -2.28. The Hall–Kier alpha value is -2.47. The van der Waals surface area contributed by atoms with E-state index < -0.39 is 0 Å². The van der Waals surface area contributed by atoms with E-state index >= 15 is 0 Å². The van der Waals surface area contributed by atoms with Gasteiger partial charge in [0.2, 0.25) is 11.8 Å². The van der Waals surface area contributed by atoms with Gasteiger partial charge in [-0.05, 0) is 50.1 Å². The number of anilines is 2. The number of ether oxygens (including phenoxy) is 1. The summed E-state index contributed by atoms with van der Waals surface area (Å²) >= 11 is 1.58. The Labute approximate surface area is 163 Å². The normalized spacial score (nSPS) is 19.2. The predicted molar refractivity (Wildman–Crippen MR) is 108 cm³/mol. The molecule has 1 atom stereocenters. The molecule has 2 aliphatic rings. The molecule has 2 fully saturated rings.